The molecule has 2 aromatic carbocycles. The van der Waals surface area contributed by atoms with Gasteiger partial charge in [0.1, 0.15) is 18.2 Å². The molecular weight excluding hydrogens is 368 g/mol. The Hall–Kier alpha value is -2.86. The van der Waals surface area contributed by atoms with Crippen LogP contribution in [0.2, 0.25) is 5.02 Å². The molecule has 0 radical (unpaired) electrons. The summed E-state index contributed by atoms with van der Waals surface area (Å²) < 4.78 is 5.35. The lowest BCUT2D eigenvalue weighted by Gasteiger charge is -2.22. The van der Waals surface area contributed by atoms with Crippen LogP contribution in [0.1, 0.15) is 31.1 Å². The molecule has 1 aliphatic rings. The zero-order valence-electron chi connectivity index (χ0n) is 14.9. The van der Waals surface area contributed by atoms with Crippen LogP contribution in [0.25, 0.3) is 0 Å². The van der Waals surface area contributed by atoms with E-state index in [0.717, 1.165) is 4.90 Å². The Balaban J connectivity index is 1.70. The van der Waals surface area contributed by atoms with Crippen molar-refractivity contribution in [3.8, 4) is 0 Å². The fourth-order valence-corrected chi connectivity index (χ4v) is 3.33. The predicted molar refractivity (Wildman–Crippen MR) is 100.0 cm³/mol. The van der Waals surface area contributed by atoms with Gasteiger partial charge in [0, 0.05) is 10.6 Å². The van der Waals surface area contributed by atoms with Crippen molar-refractivity contribution >= 4 is 29.5 Å². The Bertz CT molecular complexity index is 887. The van der Waals surface area contributed by atoms with Crippen LogP contribution in [0, 0.1) is 0 Å². The van der Waals surface area contributed by atoms with E-state index >= 15 is 0 Å². The summed E-state index contributed by atoms with van der Waals surface area (Å²) in [5.74, 6) is -1.19. The standard InChI is InChI=1S/C20H19ClN2O4/c1-13(15-10-6-7-11-16(15)21)27-17(24)12-23-18(25)20(2,22-19(23)26)14-8-4-3-5-9-14/h3-11,13H,12H2,1-2H3,(H,22,26)/t13-,20-/m1/s1. The maximum Gasteiger partial charge on any atom is 0.326 e. The summed E-state index contributed by atoms with van der Waals surface area (Å²) in [4.78, 5) is 38.2. The molecule has 0 saturated carbocycles. The number of hydrogen-bond acceptors (Lipinski definition) is 4. The smallest absolute Gasteiger partial charge is 0.326 e. The number of carbonyl (C=O) groups excluding carboxylic acids is 3. The number of halogens is 1. The Kier molecular flexibility index (Phi) is 5.19. The Morgan fingerprint density at radius 1 is 1.15 bits per heavy atom. The van der Waals surface area contributed by atoms with Crippen molar-refractivity contribution in [2.45, 2.75) is 25.5 Å². The minimum Gasteiger partial charge on any atom is -0.456 e. The number of imide groups is 1. The number of urea groups is 1. The summed E-state index contributed by atoms with van der Waals surface area (Å²) in [6.07, 6.45) is -0.604. The Morgan fingerprint density at radius 3 is 2.44 bits per heavy atom. The molecule has 1 heterocycles. The average molecular weight is 387 g/mol. The second-order valence-corrected chi connectivity index (χ2v) is 6.87. The summed E-state index contributed by atoms with van der Waals surface area (Å²) in [5.41, 5.74) is 0.0787. The van der Waals surface area contributed by atoms with E-state index in [1.54, 1.807) is 62.4 Å². The predicted octanol–water partition coefficient (Wildman–Crippen LogP) is 3.41. The van der Waals surface area contributed by atoms with Gasteiger partial charge in [-0.2, -0.15) is 0 Å². The highest BCUT2D eigenvalue weighted by Gasteiger charge is 2.49. The number of hydrogen-bond donors (Lipinski definition) is 1. The summed E-state index contributed by atoms with van der Waals surface area (Å²) >= 11 is 6.10. The summed E-state index contributed by atoms with van der Waals surface area (Å²) in [5, 5.41) is 3.13. The van der Waals surface area contributed by atoms with Gasteiger partial charge in [0.25, 0.3) is 5.91 Å². The molecule has 2 atom stereocenters. The molecule has 0 unspecified atom stereocenters. The molecule has 0 bridgehead atoms. The molecule has 2 aromatic rings. The van der Waals surface area contributed by atoms with Crippen LogP contribution in [0.5, 0.6) is 0 Å². The maximum absolute atomic E-state index is 12.8. The molecule has 3 amide bonds. The number of amides is 3. The molecule has 0 aliphatic carbocycles. The van der Waals surface area contributed by atoms with Gasteiger partial charge in [-0.3, -0.25) is 14.5 Å². The minimum atomic E-state index is -1.22. The fourth-order valence-electron chi connectivity index (χ4n) is 3.04. The topological polar surface area (TPSA) is 75.7 Å². The Labute approximate surface area is 162 Å². The molecular formula is C20H19ClN2O4. The third-order valence-corrected chi connectivity index (χ3v) is 4.91. The summed E-state index contributed by atoms with van der Waals surface area (Å²) in [7, 11) is 0. The maximum atomic E-state index is 12.8. The van der Waals surface area contributed by atoms with Gasteiger partial charge >= 0.3 is 12.0 Å². The first-order valence-electron chi connectivity index (χ1n) is 8.46. The van der Waals surface area contributed by atoms with E-state index in [1.165, 1.54) is 0 Å². The number of rotatable bonds is 5. The Morgan fingerprint density at radius 2 is 1.78 bits per heavy atom. The van der Waals surface area contributed by atoms with Crippen molar-refractivity contribution in [3.05, 3.63) is 70.7 Å². The number of nitrogens with zero attached hydrogens (tertiary/aromatic N) is 1. The SMILES string of the molecule is C[C@@H](OC(=O)CN1C(=O)N[C@](C)(c2ccccc2)C1=O)c1ccccc1Cl. The van der Waals surface area contributed by atoms with E-state index in [-0.39, 0.29) is 0 Å². The van der Waals surface area contributed by atoms with Crippen LogP contribution in [0.15, 0.2) is 54.6 Å². The van der Waals surface area contributed by atoms with Gasteiger partial charge in [0.2, 0.25) is 0 Å². The lowest BCUT2D eigenvalue weighted by molar-refractivity contribution is -0.152. The van der Waals surface area contributed by atoms with Crippen LogP contribution in [0.4, 0.5) is 4.79 Å². The van der Waals surface area contributed by atoms with Crippen molar-refractivity contribution in [3.63, 3.8) is 0 Å². The lowest BCUT2D eigenvalue weighted by Crippen LogP contribution is -2.41. The van der Waals surface area contributed by atoms with Crippen LogP contribution < -0.4 is 5.32 Å². The number of ether oxygens (including phenoxy) is 1. The van der Waals surface area contributed by atoms with Crippen molar-refractivity contribution in [2.75, 3.05) is 6.54 Å². The average Bonchev–Trinajstić information content (AvgIpc) is 2.87. The molecule has 1 saturated heterocycles. The van der Waals surface area contributed by atoms with Crippen LogP contribution in [-0.2, 0) is 19.9 Å². The summed E-state index contributed by atoms with van der Waals surface area (Å²) in [6, 6.07) is 15.3. The van der Waals surface area contributed by atoms with E-state index < -0.39 is 36.1 Å². The van der Waals surface area contributed by atoms with Gasteiger partial charge in [-0.25, -0.2) is 4.79 Å². The van der Waals surface area contributed by atoms with Crippen molar-refractivity contribution in [1.82, 2.24) is 10.2 Å². The third kappa shape index (κ3) is 3.66. The zero-order valence-corrected chi connectivity index (χ0v) is 15.7. The third-order valence-electron chi connectivity index (χ3n) is 4.56. The van der Waals surface area contributed by atoms with Crippen molar-refractivity contribution in [1.29, 1.82) is 0 Å². The minimum absolute atomic E-state index is 0.470. The van der Waals surface area contributed by atoms with Gasteiger partial charge in [-0.05, 0) is 25.5 Å². The molecule has 0 aromatic heterocycles. The second-order valence-electron chi connectivity index (χ2n) is 6.47. The zero-order chi connectivity index (χ0) is 19.6. The lowest BCUT2D eigenvalue weighted by atomic mass is 9.92. The molecule has 3 rings (SSSR count). The number of nitrogens with one attached hydrogen (secondary N) is 1. The molecule has 6 nitrogen and oxygen atoms in total. The molecule has 7 heteroatoms. The van der Waals surface area contributed by atoms with Gasteiger partial charge < -0.3 is 10.1 Å². The highest BCUT2D eigenvalue weighted by atomic mass is 35.5. The largest absolute Gasteiger partial charge is 0.456 e. The highest BCUT2D eigenvalue weighted by molar-refractivity contribution is 6.31. The van der Waals surface area contributed by atoms with E-state index in [9.17, 15) is 14.4 Å². The van der Waals surface area contributed by atoms with Crippen LogP contribution in [-0.4, -0.2) is 29.4 Å². The first-order chi connectivity index (χ1) is 12.8. The number of esters is 1. The normalized spacial score (nSPS) is 20.3. The fraction of sp³-hybridized carbons (Fsp3) is 0.250. The monoisotopic (exact) mass is 386 g/mol. The first-order valence-corrected chi connectivity index (χ1v) is 8.84. The molecule has 27 heavy (non-hydrogen) atoms. The molecule has 1 fully saturated rings. The molecule has 1 N–H and O–H groups in total. The van der Waals surface area contributed by atoms with E-state index in [1.807, 2.05) is 6.07 Å². The molecule has 140 valence electrons. The van der Waals surface area contributed by atoms with E-state index in [0.29, 0.717) is 16.1 Å². The van der Waals surface area contributed by atoms with Gasteiger partial charge in [0.15, 0.2) is 0 Å². The number of carbonyl (C=O) groups is 3. The quantitative estimate of drug-likeness (QED) is 0.631. The van der Waals surface area contributed by atoms with E-state index in [4.69, 9.17) is 16.3 Å². The molecule has 0 spiro atoms. The highest BCUT2D eigenvalue weighted by Crippen LogP contribution is 2.29. The van der Waals surface area contributed by atoms with Crippen LogP contribution in [0.3, 0.4) is 0 Å². The molecule has 1 aliphatic heterocycles. The van der Waals surface area contributed by atoms with Gasteiger partial charge in [0.05, 0.1) is 0 Å². The van der Waals surface area contributed by atoms with Crippen LogP contribution >= 0.6 is 11.6 Å². The second kappa shape index (κ2) is 7.40. The number of benzene rings is 2. The van der Waals surface area contributed by atoms with Gasteiger partial charge in [-0.1, -0.05) is 60.1 Å². The summed E-state index contributed by atoms with van der Waals surface area (Å²) in [6.45, 7) is 2.82. The van der Waals surface area contributed by atoms with E-state index in [2.05, 4.69) is 5.32 Å². The first kappa shape index (κ1) is 18.9. The van der Waals surface area contributed by atoms with Gasteiger partial charge in [-0.15, -0.1) is 0 Å². The van der Waals surface area contributed by atoms with Crippen molar-refractivity contribution in [2.24, 2.45) is 0 Å². The van der Waals surface area contributed by atoms with Crippen molar-refractivity contribution < 1.29 is 19.1 Å².